The monoisotopic (exact) mass is 265 g/mol. The van der Waals surface area contributed by atoms with E-state index in [1.807, 2.05) is 6.08 Å². The fourth-order valence-electron chi connectivity index (χ4n) is 2.50. The van der Waals surface area contributed by atoms with Gasteiger partial charge in [-0.2, -0.15) is 5.26 Å². The van der Waals surface area contributed by atoms with Gasteiger partial charge in [-0.25, -0.2) is 0 Å². The molecule has 3 rings (SSSR count). The van der Waals surface area contributed by atoms with Crippen molar-refractivity contribution in [2.24, 2.45) is 10.8 Å². The minimum absolute atomic E-state index is 0.0162. The van der Waals surface area contributed by atoms with E-state index < -0.39 is 12.1 Å². The van der Waals surface area contributed by atoms with Gasteiger partial charge >= 0.3 is 5.97 Å². The lowest BCUT2D eigenvalue weighted by molar-refractivity contribution is -0.458. The van der Waals surface area contributed by atoms with Crippen LogP contribution in [-0.2, 0) is 14.2 Å². The van der Waals surface area contributed by atoms with Crippen LogP contribution in [0.25, 0.3) is 0 Å². The van der Waals surface area contributed by atoms with E-state index in [0.29, 0.717) is 13.2 Å². The van der Waals surface area contributed by atoms with Crippen LogP contribution < -0.4 is 0 Å². The molecule has 0 saturated carbocycles. The van der Waals surface area contributed by atoms with Crippen LogP contribution >= 0.6 is 0 Å². The van der Waals surface area contributed by atoms with Crippen molar-refractivity contribution >= 4 is 0 Å². The molecule has 3 aliphatic heterocycles. The average molecular weight is 265 g/mol. The average Bonchev–Trinajstić information content (AvgIpc) is 2.37. The van der Waals surface area contributed by atoms with E-state index in [0.717, 1.165) is 12.8 Å². The second-order valence-corrected chi connectivity index (χ2v) is 6.62. The Balaban J connectivity index is 2.18. The largest absolute Gasteiger partial charge is 0.323 e. The van der Waals surface area contributed by atoms with Crippen molar-refractivity contribution in [1.29, 1.82) is 5.26 Å². The first kappa shape index (κ1) is 14.5. The van der Waals surface area contributed by atoms with Gasteiger partial charge in [-0.15, -0.1) is 0 Å². The van der Waals surface area contributed by atoms with Crippen molar-refractivity contribution < 1.29 is 14.2 Å². The number of ether oxygens (including phenoxy) is 3. The predicted molar refractivity (Wildman–Crippen MR) is 71.1 cm³/mol. The van der Waals surface area contributed by atoms with Crippen LogP contribution in [0.3, 0.4) is 0 Å². The van der Waals surface area contributed by atoms with E-state index in [4.69, 9.17) is 14.2 Å². The molecule has 3 saturated heterocycles. The van der Waals surface area contributed by atoms with Crippen LogP contribution in [-0.4, -0.2) is 25.3 Å². The fraction of sp³-hybridized carbons (Fsp3) is 0.800. The second-order valence-electron chi connectivity index (χ2n) is 6.62. The minimum atomic E-state index is -1.16. The van der Waals surface area contributed by atoms with Crippen LogP contribution in [0.5, 0.6) is 0 Å². The normalized spacial score (nSPS) is 38.6. The van der Waals surface area contributed by atoms with Gasteiger partial charge in [-0.1, -0.05) is 40.2 Å². The third-order valence-electron chi connectivity index (χ3n) is 3.61. The third-order valence-corrected chi connectivity index (χ3v) is 3.61. The number of hydrogen-bond donors (Lipinski definition) is 0. The number of nitrogens with zero attached hydrogens (tertiary/aromatic N) is 1. The molecule has 4 heteroatoms. The van der Waals surface area contributed by atoms with E-state index in [-0.39, 0.29) is 10.8 Å². The molecule has 19 heavy (non-hydrogen) atoms. The Morgan fingerprint density at radius 3 is 2.42 bits per heavy atom. The summed E-state index contributed by atoms with van der Waals surface area (Å²) in [5.41, 5.74) is -0.288. The molecule has 106 valence electrons. The minimum Gasteiger partial charge on any atom is -0.323 e. The Labute approximate surface area is 115 Å². The first-order valence-corrected chi connectivity index (χ1v) is 6.90. The van der Waals surface area contributed by atoms with Gasteiger partial charge in [-0.3, -0.25) is 0 Å². The molecule has 0 spiro atoms. The van der Waals surface area contributed by atoms with Gasteiger partial charge < -0.3 is 14.2 Å². The Kier molecular flexibility index (Phi) is 3.74. The number of fused-ring (bicyclic) bond motifs is 3. The first-order valence-electron chi connectivity index (χ1n) is 6.90. The molecule has 0 radical (unpaired) electrons. The van der Waals surface area contributed by atoms with E-state index >= 15 is 0 Å². The Hall–Kier alpha value is -0.890. The fourth-order valence-corrected chi connectivity index (χ4v) is 2.50. The van der Waals surface area contributed by atoms with Gasteiger partial charge in [0.25, 0.3) is 0 Å². The van der Waals surface area contributed by atoms with Crippen LogP contribution in [0.4, 0.5) is 0 Å². The lowest BCUT2D eigenvalue weighted by Gasteiger charge is -2.53. The maximum absolute atomic E-state index is 9.34. The summed E-state index contributed by atoms with van der Waals surface area (Å²) in [6.45, 7) is 9.42. The highest BCUT2D eigenvalue weighted by molar-refractivity contribution is 5.10. The summed E-state index contributed by atoms with van der Waals surface area (Å²) in [6, 6.07) is 2.27. The van der Waals surface area contributed by atoms with E-state index in [1.165, 1.54) is 0 Å². The lowest BCUT2D eigenvalue weighted by atomic mass is 9.78. The highest BCUT2D eigenvalue weighted by atomic mass is 16.9. The van der Waals surface area contributed by atoms with Crippen molar-refractivity contribution in [2.45, 2.75) is 52.6 Å². The van der Waals surface area contributed by atoms with Gasteiger partial charge in [0.05, 0.1) is 24.7 Å². The van der Waals surface area contributed by atoms with Gasteiger partial charge in [0.2, 0.25) is 0 Å². The summed E-state index contributed by atoms with van der Waals surface area (Å²) in [6.07, 6.45) is 5.20. The second kappa shape index (κ2) is 4.90. The summed E-state index contributed by atoms with van der Waals surface area (Å²) >= 11 is 0. The van der Waals surface area contributed by atoms with Gasteiger partial charge in [0.15, 0.2) is 6.10 Å². The molecule has 2 bridgehead atoms. The molecule has 1 unspecified atom stereocenters. The highest BCUT2D eigenvalue weighted by Gasteiger charge is 2.57. The maximum Gasteiger partial charge on any atom is 0.305 e. The van der Waals surface area contributed by atoms with Gasteiger partial charge in [0, 0.05) is 6.08 Å². The molecule has 0 aliphatic carbocycles. The molecule has 1 atom stereocenters. The highest BCUT2D eigenvalue weighted by Crippen LogP contribution is 2.46. The van der Waals surface area contributed by atoms with Crippen LogP contribution in [0, 0.1) is 22.2 Å². The Morgan fingerprint density at radius 2 is 1.95 bits per heavy atom. The Bertz CT molecular complexity index is 395. The van der Waals surface area contributed by atoms with Crippen molar-refractivity contribution in [3.63, 3.8) is 0 Å². The molecule has 3 aliphatic rings. The zero-order chi connectivity index (χ0) is 14.1. The lowest BCUT2D eigenvalue weighted by Crippen LogP contribution is -2.63. The molecule has 0 aromatic heterocycles. The summed E-state index contributed by atoms with van der Waals surface area (Å²) in [7, 11) is 0. The van der Waals surface area contributed by atoms with Crippen molar-refractivity contribution in [2.75, 3.05) is 13.2 Å². The predicted octanol–water partition coefficient (Wildman–Crippen LogP) is 3.00. The molecular weight excluding hydrogens is 242 g/mol. The summed E-state index contributed by atoms with van der Waals surface area (Å²) < 4.78 is 17.3. The smallest absolute Gasteiger partial charge is 0.305 e. The van der Waals surface area contributed by atoms with Crippen molar-refractivity contribution in [3.8, 4) is 6.07 Å². The quantitative estimate of drug-likeness (QED) is 0.736. The molecule has 3 fully saturated rings. The van der Waals surface area contributed by atoms with Crippen LogP contribution in [0.15, 0.2) is 12.2 Å². The molecule has 3 heterocycles. The summed E-state index contributed by atoms with van der Waals surface area (Å²) in [5.74, 6) is -1.16. The number of hydrogen-bond acceptors (Lipinski definition) is 4. The van der Waals surface area contributed by atoms with Crippen LogP contribution in [0.2, 0.25) is 0 Å². The molecule has 0 aromatic carbocycles. The molecule has 0 amide bonds. The van der Waals surface area contributed by atoms with Gasteiger partial charge in [-0.05, 0) is 11.8 Å². The molecular formula is C15H23NO3. The topological polar surface area (TPSA) is 51.5 Å². The van der Waals surface area contributed by atoms with E-state index in [1.54, 1.807) is 6.08 Å². The zero-order valence-electron chi connectivity index (χ0n) is 12.2. The van der Waals surface area contributed by atoms with E-state index in [9.17, 15) is 5.26 Å². The van der Waals surface area contributed by atoms with Crippen LogP contribution in [0.1, 0.15) is 40.5 Å². The Morgan fingerprint density at radius 1 is 1.32 bits per heavy atom. The number of nitriles is 1. The summed E-state index contributed by atoms with van der Waals surface area (Å²) in [4.78, 5) is 0. The summed E-state index contributed by atoms with van der Waals surface area (Å²) in [5, 5.41) is 9.34. The third kappa shape index (κ3) is 2.84. The zero-order valence-corrected chi connectivity index (χ0v) is 12.2. The van der Waals surface area contributed by atoms with Crippen molar-refractivity contribution in [3.05, 3.63) is 12.2 Å². The SMILES string of the molecule is CCCC12COC(/C=C/C(C)(C)C)(OC1)OC2C#N. The number of allylic oxidation sites excluding steroid dienone is 1. The molecule has 0 aromatic rings. The number of rotatable bonds is 3. The molecule has 0 N–H and O–H groups in total. The maximum atomic E-state index is 9.34. The van der Waals surface area contributed by atoms with Gasteiger partial charge in [0.1, 0.15) is 0 Å². The van der Waals surface area contributed by atoms with Crippen molar-refractivity contribution in [1.82, 2.24) is 0 Å². The van der Waals surface area contributed by atoms with E-state index in [2.05, 4.69) is 33.8 Å². The standard InChI is InChI=1S/C15H23NO3/c1-5-6-14-10-17-15(18-11-14,19-12(14)9-16)8-7-13(2,3)4/h7-8,12H,5-6,10-11H2,1-4H3/b8-7+. The molecule has 4 nitrogen and oxygen atoms in total. The first-order chi connectivity index (χ1) is 8.85.